The summed E-state index contributed by atoms with van der Waals surface area (Å²) in [5.41, 5.74) is 2.67. The van der Waals surface area contributed by atoms with Crippen molar-refractivity contribution in [3.05, 3.63) is 66.1 Å². The molecule has 110 valence electrons. The molecule has 0 spiro atoms. The third-order valence-corrected chi connectivity index (χ3v) is 2.97. The molecule has 2 heterocycles. The van der Waals surface area contributed by atoms with Gasteiger partial charge in [0.15, 0.2) is 11.6 Å². The fraction of sp³-hybridized carbons (Fsp3) is 0.118. The third-order valence-electron chi connectivity index (χ3n) is 2.97. The van der Waals surface area contributed by atoms with Crippen molar-refractivity contribution < 1.29 is 4.74 Å². The summed E-state index contributed by atoms with van der Waals surface area (Å²) >= 11 is 0. The SMILES string of the molecule is Cc1cc(C)nc(Oc2cccnc2Nc2ccccc2)n1. The van der Waals surface area contributed by atoms with Crippen LogP contribution < -0.4 is 10.1 Å². The van der Waals surface area contributed by atoms with Crippen LogP contribution in [-0.4, -0.2) is 15.0 Å². The molecule has 0 unspecified atom stereocenters. The number of para-hydroxylation sites is 1. The lowest BCUT2D eigenvalue weighted by Gasteiger charge is -2.11. The van der Waals surface area contributed by atoms with Crippen LogP contribution in [0.1, 0.15) is 11.4 Å². The maximum atomic E-state index is 5.80. The average molecular weight is 292 g/mol. The Morgan fingerprint density at radius 2 is 1.64 bits per heavy atom. The Bertz CT molecular complexity index is 754. The van der Waals surface area contributed by atoms with E-state index in [1.165, 1.54) is 0 Å². The summed E-state index contributed by atoms with van der Waals surface area (Å²) in [6.45, 7) is 3.82. The van der Waals surface area contributed by atoms with Crippen LogP contribution in [0, 0.1) is 13.8 Å². The molecule has 0 saturated carbocycles. The highest BCUT2D eigenvalue weighted by molar-refractivity contribution is 5.62. The molecular weight excluding hydrogens is 276 g/mol. The second kappa shape index (κ2) is 6.22. The van der Waals surface area contributed by atoms with Crippen molar-refractivity contribution in [2.24, 2.45) is 0 Å². The van der Waals surface area contributed by atoms with Gasteiger partial charge in [-0.15, -0.1) is 0 Å². The van der Waals surface area contributed by atoms with E-state index in [0.717, 1.165) is 17.1 Å². The quantitative estimate of drug-likeness (QED) is 0.787. The van der Waals surface area contributed by atoms with E-state index in [9.17, 15) is 0 Å². The number of benzene rings is 1. The fourth-order valence-corrected chi connectivity index (χ4v) is 2.06. The van der Waals surface area contributed by atoms with Crippen molar-refractivity contribution in [3.8, 4) is 11.8 Å². The van der Waals surface area contributed by atoms with E-state index in [-0.39, 0.29) is 0 Å². The van der Waals surface area contributed by atoms with Crippen molar-refractivity contribution in [3.63, 3.8) is 0 Å². The summed E-state index contributed by atoms with van der Waals surface area (Å²) in [7, 11) is 0. The number of ether oxygens (including phenoxy) is 1. The van der Waals surface area contributed by atoms with Gasteiger partial charge in [0.25, 0.3) is 0 Å². The lowest BCUT2D eigenvalue weighted by molar-refractivity contribution is 0.439. The number of aryl methyl sites for hydroxylation is 2. The predicted molar refractivity (Wildman–Crippen MR) is 85.5 cm³/mol. The average Bonchev–Trinajstić information content (AvgIpc) is 2.49. The maximum absolute atomic E-state index is 5.80. The van der Waals surface area contributed by atoms with Crippen molar-refractivity contribution in [2.75, 3.05) is 5.32 Å². The Hall–Kier alpha value is -2.95. The molecule has 1 aromatic carbocycles. The molecule has 5 nitrogen and oxygen atoms in total. The third kappa shape index (κ3) is 3.38. The van der Waals surface area contributed by atoms with Crippen LogP contribution >= 0.6 is 0 Å². The van der Waals surface area contributed by atoms with Gasteiger partial charge in [-0.25, -0.2) is 15.0 Å². The molecule has 0 aliphatic heterocycles. The Morgan fingerprint density at radius 1 is 0.909 bits per heavy atom. The van der Waals surface area contributed by atoms with E-state index in [4.69, 9.17) is 4.74 Å². The molecule has 3 rings (SSSR count). The van der Waals surface area contributed by atoms with Gasteiger partial charge < -0.3 is 10.1 Å². The predicted octanol–water partition coefficient (Wildman–Crippen LogP) is 4.02. The highest BCUT2D eigenvalue weighted by Crippen LogP contribution is 2.28. The van der Waals surface area contributed by atoms with E-state index in [1.54, 1.807) is 6.20 Å². The van der Waals surface area contributed by atoms with Gasteiger partial charge in [0.05, 0.1) is 0 Å². The van der Waals surface area contributed by atoms with Gasteiger partial charge >= 0.3 is 6.01 Å². The molecular formula is C17H16N4O. The standard InChI is InChI=1S/C17H16N4O/c1-12-11-13(2)20-17(19-12)22-15-9-6-10-18-16(15)21-14-7-4-3-5-8-14/h3-11H,1-2H3,(H,18,21). The van der Waals surface area contributed by atoms with Crippen molar-refractivity contribution in [1.29, 1.82) is 0 Å². The first-order valence-corrected chi connectivity index (χ1v) is 6.98. The number of pyridine rings is 1. The first-order valence-electron chi connectivity index (χ1n) is 6.98. The number of rotatable bonds is 4. The first kappa shape index (κ1) is 14.0. The van der Waals surface area contributed by atoms with Gasteiger partial charge in [-0.1, -0.05) is 18.2 Å². The molecule has 0 atom stereocenters. The zero-order valence-corrected chi connectivity index (χ0v) is 12.4. The summed E-state index contributed by atoms with van der Waals surface area (Å²) in [6, 6.07) is 15.7. The van der Waals surface area contributed by atoms with Gasteiger partial charge in [-0.05, 0) is 44.2 Å². The zero-order valence-electron chi connectivity index (χ0n) is 12.4. The topological polar surface area (TPSA) is 59.9 Å². The number of aromatic nitrogens is 3. The van der Waals surface area contributed by atoms with Gasteiger partial charge in [-0.2, -0.15) is 0 Å². The van der Waals surface area contributed by atoms with Gasteiger partial charge in [0.2, 0.25) is 0 Å². The largest absolute Gasteiger partial charge is 0.420 e. The van der Waals surface area contributed by atoms with Gasteiger partial charge in [-0.3, -0.25) is 0 Å². The normalized spacial score (nSPS) is 10.3. The maximum Gasteiger partial charge on any atom is 0.322 e. The van der Waals surface area contributed by atoms with E-state index in [1.807, 2.05) is 62.4 Å². The summed E-state index contributed by atoms with van der Waals surface area (Å²) in [6.07, 6.45) is 1.71. The van der Waals surface area contributed by atoms with Gasteiger partial charge in [0.1, 0.15) is 0 Å². The van der Waals surface area contributed by atoms with Crippen molar-refractivity contribution in [2.45, 2.75) is 13.8 Å². The number of nitrogens with zero attached hydrogens (tertiary/aromatic N) is 3. The highest BCUT2D eigenvalue weighted by atomic mass is 16.5. The monoisotopic (exact) mass is 292 g/mol. The number of hydrogen-bond acceptors (Lipinski definition) is 5. The lowest BCUT2D eigenvalue weighted by Crippen LogP contribution is -2.00. The highest BCUT2D eigenvalue weighted by Gasteiger charge is 2.09. The Kier molecular flexibility index (Phi) is 3.96. The Morgan fingerprint density at radius 3 is 2.36 bits per heavy atom. The number of hydrogen-bond donors (Lipinski definition) is 1. The molecule has 0 bridgehead atoms. The fourth-order valence-electron chi connectivity index (χ4n) is 2.06. The number of nitrogens with one attached hydrogen (secondary N) is 1. The van der Waals surface area contributed by atoms with E-state index in [2.05, 4.69) is 20.3 Å². The smallest absolute Gasteiger partial charge is 0.322 e. The second-order valence-electron chi connectivity index (χ2n) is 4.88. The summed E-state index contributed by atoms with van der Waals surface area (Å²) in [4.78, 5) is 12.9. The molecule has 3 aromatic rings. The molecule has 0 fully saturated rings. The summed E-state index contributed by atoms with van der Waals surface area (Å²) < 4.78 is 5.80. The minimum absolute atomic E-state index is 0.321. The van der Waals surface area contributed by atoms with Gasteiger partial charge in [0, 0.05) is 23.3 Å². The van der Waals surface area contributed by atoms with Crippen LogP contribution in [-0.2, 0) is 0 Å². The number of anilines is 2. The minimum Gasteiger partial charge on any atom is -0.420 e. The van der Waals surface area contributed by atoms with E-state index >= 15 is 0 Å². The first-order chi connectivity index (χ1) is 10.7. The molecule has 0 amide bonds. The summed E-state index contributed by atoms with van der Waals surface area (Å²) in [5, 5.41) is 3.23. The van der Waals surface area contributed by atoms with E-state index < -0.39 is 0 Å². The molecule has 22 heavy (non-hydrogen) atoms. The van der Waals surface area contributed by atoms with Crippen LogP contribution in [0.3, 0.4) is 0 Å². The molecule has 5 heteroatoms. The van der Waals surface area contributed by atoms with Crippen LogP contribution in [0.5, 0.6) is 11.8 Å². The van der Waals surface area contributed by atoms with Crippen molar-refractivity contribution >= 4 is 11.5 Å². The molecule has 0 aliphatic rings. The van der Waals surface area contributed by atoms with Crippen LogP contribution in [0.4, 0.5) is 11.5 Å². The van der Waals surface area contributed by atoms with Crippen LogP contribution in [0.15, 0.2) is 54.7 Å². The Balaban J connectivity index is 1.88. The second-order valence-corrected chi connectivity index (χ2v) is 4.88. The molecule has 0 radical (unpaired) electrons. The zero-order chi connectivity index (χ0) is 15.4. The van der Waals surface area contributed by atoms with E-state index in [0.29, 0.717) is 17.6 Å². The minimum atomic E-state index is 0.321. The molecule has 0 aliphatic carbocycles. The molecule has 0 saturated heterocycles. The summed E-state index contributed by atoms with van der Waals surface area (Å²) in [5.74, 6) is 1.20. The van der Waals surface area contributed by atoms with Crippen LogP contribution in [0.2, 0.25) is 0 Å². The van der Waals surface area contributed by atoms with Crippen LogP contribution in [0.25, 0.3) is 0 Å². The lowest BCUT2D eigenvalue weighted by atomic mass is 10.3. The molecule has 2 aromatic heterocycles. The molecule has 1 N–H and O–H groups in total. The Labute approximate surface area is 129 Å². The van der Waals surface area contributed by atoms with Crippen molar-refractivity contribution in [1.82, 2.24) is 15.0 Å².